The van der Waals surface area contributed by atoms with Crippen LogP contribution in [0.1, 0.15) is 25.7 Å². The van der Waals surface area contributed by atoms with Gasteiger partial charge in [-0.15, -0.1) is 0 Å². The van der Waals surface area contributed by atoms with E-state index in [-0.39, 0.29) is 0 Å². The maximum absolute atomic E-state index is 4.41. The molecule has 0 aliphatic carbocycles. The Balaban J connectivity index is 1.65. The van der Waals surface area contributed by atoms with E-state index >= 15 is 0 Å². The number of hydrogen-bond donors (Lipinski definition) is 2. The smallest absolute Gasteiger partial charge is 0.134 e. The van der Waals surface area contributed by atoms with Gasteiger partial charge < -0.3 is 15.5 Å². The predicted octanol–water partition coefficient (Wildman–Crippen LogP) is 1.49. The normalized spacial score (nSPS) is 22.5. The summed E-state index contributed by atoms with van der Waals surface area (Å²) in [6.07, 6.45) is 6.93. The Labute approximate surface area is 114 Å². The molecular formula is C14H23N5. The highest BCUT2D eigenvalue weighted by molar-refractivity contribution is 5.48. The van der Waals surface area contributed by atoms with Crippen molar-refractivity contribution in [1.82, 2.24) is 15.3 Å². The van der Waals surface area contributed by atoms with Gasteiger partial charge in [-0.05, 0) is 44.2 Å². The topological polar surface area (TPSA) is 53.1 Å². The highest BCUT2D eigenvalue weighted by atomic mass is 15.2. The first kappa shape index (κ1) is 12.7. The maximum atomic E-state index is 4.41. The molecule has 1 aromatic rings. The van der Waals surface area contributed by atoms with Gasteiger partial charge in [0, 0.05) is 26.2 Å². The van der Waals surface area contributed by atoms with Crippen molar-refractivity contribution in [3.05, 3.63) is 12.4 Å². The second kappa shape index (κ2) is 5.33. The standard InChI is InChI=1S/C14H23N5/c1-15-12-10-13(18-11-17-12)19-8-4-14(5-9-19)2-6-16-7-3-14/h10-11,16H,2-9H2,1H3,(H,15,17,18). The Hall–Kier alpha value is -1.36. The lowest BCUT2D eigenvalue weighted by Crippen LogP contribution is -2.45. The molecule has 0 amide bonds. The van der Waals surface area contributed by atoms with E-state index in [2.05, 4.69) is 25.5 Å². The number of nitrogens with one attached hydrogen (secondary N) is 2. The Morgan fingerprint density at radius 1 is 1.16 bits per heavy atom. The third-order valence-corrected chi connectivity index (χ3v) is 4.72. The minimum absolute atomic E-state index is 0.598. The fraction of sp³-hybridized carbons (Fsp3) is 0.714. The average molecular weight is 261 g/mol. The van der Waals surface area contributed by atoms with Gasteiger partial charge in [-0.25, -0.2) is 9.97 Å². The summed E-state index contributed by atoms with van der Waals surface area (Å²) in [6, 6.07) is 2.04. The summed E-state index contributed by atoms with van der Waals surface area (Å²) in [5.74, 6) is 1.95. The largest absolute Gasteiger partial charge is 0.373 e. The second-order valence-electron chi connectivity index (χ2n) is 5.75. The molecule has 3 heterocycles. The van der Waals surface area contributed by atoms with Gasteiger partial charge in [-0.1, -0.05) is 0 Å². The van der Waals surface area contributed by atoms with Crippen LogP contribution in [0.3, 0.4) is 0 Å². The molecule has 5 heteroatoms. The monoisotopic (exact) mass is 261 g/mol. The summed E-state index contributed by atoms with van der Waals surface area (Å²) in [5.41, 5.74) is 0.598. The predicted molar refractivity (Wildman–Crippen MR) is 77.6 cm³/mol. The fourth-order valence-electron chi connectivity index (χ4n) is 3.32. The Morgan fingerprint density at radius 3 is 2.58 bits per heavy atom. The Kier molecular flexibility index (Phi) is 3.55. The van der Waals surface area contributed by atoms with Gasteiger partial charge in [0.2, 0.25) is 0 Å². The zero-order valence-electron chi connectivity index (χ0n) is 11.7. The van der Waals surface area contributed by atoms with Gasteiger partial charge >= 0.3 is 0 Å². The van der Waals surface area contributed by atoms with E-state index in [0.29, 0.717) is 5.41 Å². The maximum Gasteiger partial charge on any atom is 0.134 e. The van der Waals surface area contributed by atoms with Crippen molar-refractivity contribution in [3.63, 3.8) is 0 Å². The summed E-state index contributed by atoms with van der Waals surface area (Å²) < 4.78 is 0. The van der Waals surface area contributed by atoms with Crippen LogP contribution in [0.2, 0.25) is 0 Å². The summed E-state index contributed by atoms with van der Waals surface area (Å²) in [5, 5.41) is 6.55. The van der Waals surface area contributed by atoms with Gasteiger partial charge in [0.15, 0.2) is 0 Å². The van der Waals surface area contributed by atoms with Crippen LogP contribution < -0.4 is 15.5 Å². The van der Waals surface area contributed by atoms with Gasteiger partial charge in [-0.3, -0.25) is 0 Å². The molecule has 5 nitrogen and oxygen atoms in total. The van der Waals surface area contributed by atoms with Crippen LogP contribution in [-0.2, 0) is 0 Å². The van der Waals surface area contributed by atoms with Gasteiger partial charge in [0.05, 0.1) is 0 Å². The van der Waals surface area contributed by atoms with E-state index in [1.807, 2.05) is 13.1 Å². The Bertz CT molecular complexity index is 418. The lowest BCUT2D eigenvalue weighted by molar-refractivity contribution is 0.154. The van der Waals surface area contributed by atoms with Crippen LogP contribution in [0.5, 0.6) is 0 Å². The van der Waals surface area contributed by atoms with Gasteiger partial charge in [0.1, 0.15) is 18.0 Å². The van der Waals surface area contributed by atoms with Crippen LogP contribution >= 0.6 is 0 Å². The highest BCUT2D eigenvalue weighted by Gasteiger charge is 2.35. The zero-order valence-corrected chi connectivity index (χ0v) is 11.7. The van der Waals surface area contributed by atoms with Crippen molar-refractivity contribution in [2.45, 2.75) is 25.7 Å². The third-order valence-electron chi connectivity index (χ3n) is 4.72. The molecule has 2 aliphatic heterocycles. The zero-order chi connectivity index (χ0) is 13.1. The molecule has 0 bridgehead atoms. The molecule has 19 heavy (non-hydrogen) atoms. The fourth-order valence-corrected chi connectivity index (χ4v) is 3.32. The molecule has 2 saturated heterocycles. The highest BCUT2D eigenvalue weighted by Crippen LogP contribution is 2.40. The first-order valence-electron chi connectivity index (χ1n) is 7.27. The average Bonchev–Trinajstić information content (AvgIpc) is 2.49. The lowest BCUT2D eigenvalue weighted by Gasteiger charge is -2.44. The van der Waals surface area contributed by atoms with Crippen molar-refractivity contribution in [2.24, 2.45) is 5.41 Å². The summed E-state index contributed by atoms with van der Waals surface area (Å²) in [6.45, 7) is 4.63. The Morgan fingerprint density at radius 2 is 1.89 bits per heavy atom. The molecule has 2 aliphatic rings. The second-order valence-corrected chi connectivity index (χ2v) is 5.75. The minimum Gasteiger partial charge on any atom is -0.373 e. The molecule has 2 fully saturated rings. The first-order valence-corrected chi connectivity index (χ1v) is 7.27. The first-order chi connectivity index (χ1) is 9.31. The van der Waals surface area contributed by atoms with Crippen molar-refractivity contribution in [3.8, 4) is 0 Å². The molecule has 0 saturated carbocycles. The van der Waals surface area contributed by atoms with Crippen LogP contribution in [0.4, 0.5) is 11.6 Å². The number of hydrogen-bond acceptors (Lipinski definition) is 5. The molecule has 1 aromatic heterocycles. The summed E-state index contributed by atoms with van der Waals surface area (Å²) in [7, 11) is 1.90. The SMILES string of the molecule is CNc1cc(N2CCC3(CCNCC3)CC2)ncn1. The van der Waals surface area contributed by atoms with Crippen molar-refractivity contribution in [2.75, 3.05) is 43.4 Å². The van der Waals surface area contributed by atoms with Crippen molar-refractivity contribution in [1.29, 1.82) is 0 Å². The number of anilines is 2. The molecule has 0 aromatic carbocycles. The van der Waals surface area contributed by atoms with E-state index in [0.717, 1.165) is 24.7 Å². The van der Waals surface area contributed by atoms with Gasteiger partial charge in [0.25, 0.3) is 0 Å². The number of piperidine rings is 2. The van der Waals surface area contributed by atoms with Crippen LogP contribution in [0.15, 0.2) is 12.4 Å². The van der Waals surface area contributed by atoms with E-state index in [4.69, 9.17) is 0 Å². The van der Waals surface area contributed by atoms with E-state index in [1.165, 1.54) is 38.8 Å². The van der Waals surface area contributed by atoms with Crippen LogP contribution in [0, 0.1) is 5.41 Å². The molecule has 0 atom stereocenters. The number of aromatic nitrogens is 2. The molecule has 2 N–H and O–H groups in total. The number of rotatable bonds is 2. The van der Waals surface area contributed by atoms with Gasteiger partial charge in [-0.2, -0.15) is 0 Å². The van der Waals surface area contributed by atoms with Crippen LogP contribution in [-0.4, -0.2) is 43.2 Å². The molecular weight excluding hydrogens is 238 g/mol. The summed E-state index contributed by atoms with van der Waals surface area (Å²) in [4.78, 5) is 11.0. The molecule has 1 spiro atoms. The number of nitrogens with zero attached hydrogens (tertiary/aromatic N) is 3. The van der Waals surface area contributed by atoms with Crippen molar-refractivity contribution >= 4 is 11.6 Å². The molecule has 0 radical (unpaired) electrons. The van der Waals surface area contributed by atoms with E-state index < -0.39 is 0 Å². The van der Waals surface area contributed by atoms with E-state index in [1.54, 1.807) is 6.33 Å². The van der Waals surface area contributed by atoms with Crippen molar-refractivity contribution < 1.29 is 0 Å². The lowest BCUT2D eigenvalue weighted by atomic mass is 9.71. The third kappa shape index (κ3) is 2.66. The molecule has 3 rings (SSSR count). The minimum atomic E-state index is 0.598. The molecule has 0 unspecified atom stereocenters. The quantitative estimate of drug-likeness (QED) is 0.845. The van der Waals surface area contributed by atoms with E-state index in [9.17, 15) is 0 Å². The summed E-state index contributed by atoms with van der Waals surface area (Å²) >= 11 is 0. The molecule has 104 valence electrons. The van der Waals surface area contributed by atoms with Crippen LogP contribution in [0.25, 0.3) is 0 Å².